The fourth-order valence-corrected chi connectivity index (χ4v) is 5.22. The second-order valence-electron chi connectivity index (χ2n) is 10.9. The molecule has 0 unspecified atom stereocenters. The molecule has 0 fully saturated rings. The summed E-state index contributed by atoms with van der Waals surface area (Å²) in [5, 5.41) is 3.02. The Morgan fingerprint density at radius 1 is 0.925 bits per heavy atom. The van der Waals surface area contributed by atoms with Crippen LogP contribution in [-0.2, 0) is 32.6 Å². The number of rotatable bonds is 11. The van der Waals surface area contributed by atoms with E-state index >= 15 is 0 Å². The molecule has 40 heavy (non-hydrogen) atoms. The van der Waals surface area contributed by atoms with E-state index in [1.165, 1.54) is 12.0 Å². The van der Waals surface area contributed by atoms with Gasteiger partial charge in [-0.05, 0) is 56.5 Å². The first-order chi connectivity index (χ1) is 18.8. The predicted octanol–water partition coefficient (Wildman–Crippen LogP) is 4.32. The summed E-state index contributed by atoms with van der Waals surface area (Å²) in [6.07, 6.45) is 1.31. The Morgan fingerprint density at radius 3 is 2.02 bits per heavy atom. The fraction of sp³-hybridized carbons (Fsp3) is 0.355. The van der Waals surface area contributed by atoms with Gasteiger partial charge in [0.25, 0.3) is 0 Å². The Kier molecular flexibility index (Phi) is 9.98. The van der Waals surface area contributed by atoms with E-state index in [0.29, 0.717) is 5.75 Å². The molecule has 0 heterocycles. The van der Waals surface area contributed by atoms with Crippen LogP contribution in [0.5, 0.6) is 5.75 Å². The van der Waals surface area contributed by atoms with E-state index < -0.39 is 34.1 Å². The zero-order valence-corrected chi connectivity index (χ0v) is 24.9. The Morgan fingerprint density at radius 2 is 1.50 bits per heavy atom. The standard InChI is InChI=1S/C31H39N3O5S/c1-23-17-18-28(39-5)26(19-23)34(40(6,37)38)22-29(35)33(21-25-15-11-8-12-16-25)27(30(36)32-31(2,3)4)20-24-13-9-7-10-14-24/h7-19,27H,20-22H2,1-6H3,(H,32,36)/t27-/m0/s1. The minimum Gasteiger partial charge on any atom is -0.495 e. The highest BCUT2D eigenvalue weighted by Gasteiger charge is 2.34. The summed E-state index contributed by atoms with van der Waals surface area (Å²) in [6.45, 7) is 7.09. The molecule has 1 N–H and O–H groups in total. The minimum atomic E-state index is -3.90. The number of carbonyl (C=O) groups is 2. The molecule has 0 aliphatic rings. The van der Waals surface area contributed by atoms with Crippen molar-refractivity contribution in [1.29, 1.82) is 0 Å². The highest BCUT2D eigenvalue weighted by atomic mass is 32.2. The topological polar surface area (TPSA) is 96.0 Å². The lowest BCUT2D eigenvalue weighted by Gasteiger charge is -2.35. The number of benzene rings is 3. The van der Waals surface area contributed by atoms with Crippen LogP contribution in [0.4, 0.5) is 5.69 Å². The maximum Gasteiger partial charge on any atom is 0.244 e. The van der Waals surface area contributed by atoms with Gasteiger partial charge in [-0.1, -0.05) is 66.7 Å². The number of methoxy groups -OCH3 is 1. The molecule has 2 amide bonds. The van der Waals surface area contributed by atoms with Crippen molar-refractivity contribution in [3.8, 4) is 5.75 Å². The van der Waals surface area contributed by atoms with Crippen LogP contribution in [0.2, 0.25) is 0 Å². The van der Waals surface area contributed by atoms with E-state index in [9.17, 15) is 18.0 Å². The molecule has 0 spiro atoms. The lowest BCUT2D eigenvalue weighted by Crippen LogP contribution is -2.56. The number of hydrogen-bond acceptors (Lipinski definition) is 5. The van der Waals surface area contributed by atoms with Gasteiger partial charge in [-0.15, -0.1) is 0 Å². The van der Waals surface area contributed by atoms with Gasteiger partial charge in [0.1, 0.15) is 18.3 Å². The maximum absolute atomic E-state index is 14.2. The molecule has 0 aliphatic heterocycles. The van der Waals surface area contributed by atoms with E-state index in [2.05, 4.69) is 5.32 Å². The summed E-state index contributed by atoms with van der Waals surface area (Å²) >= 11 is 0. The van der Waals surface area contributed by atoms with Crippen LogP contribution < -0.4 is 14.4 Å². The average molecular weight is 566 g/mol. The molecule has 0 bridgehead atoms. The molecule has 0 saturated heterocycles. The molecular formula is C31H39N3O5S. The van der Waals surface area contributed by atoms with Gasteiger partial charge in [0, 0.05) is 18.5 Å². The molecular weight excluding hydrogens is 526 g/mol. The lowest BCUT2D eigenvalue weighted by atomic mass is 10.0. The number of carbonyl (C=O) groups excluding carboxylic acids is 2. The van der Waals surface area contributed by atoms with Crippen LogP contribution in [0.15, 0.2) is 78.9 Å². The van der Waals surface area contributed by atoms with Crippen molar-refractivity contribution in [2.45, 2.75) is 52.2 Å². The zero-order chi connectivity index (χ0) is 29.5. The number of nitrogens with one attached hydrogen (secondary N) is 1. The van der Waals surface area contributed by atoms with Crippen molar-refractivity contribution >= 4 is 27.5 Å². The molecule has 0 radical (unpaired) electrons. The van der Waals surface area contributed by atoms with E-state index in [1.54, 1.807) is 18.2 Å². The molecule has 0 saturated carbocycles. The largest absolute Gasteiger partial charge is 0.495 e. The van der Waals surface area contributed by atoms with Gasteiger partial charge in [-0.2, -0.15) is 0 Å². The van der Waals surface area contributed by atoms with Crippen molar-refractivity contribution in [2.24, 2.45) is 0 Å². The first-order valence-corrected chi connectivity index (χ1v) is 14.9. The van der Waals surface area contributed by atoms with Crippen LogP contribution in [0.1, 0.15) is 37.5 Å². The minimum absolute atomic E-state index is 0.122. The number of sulfonamides is 1. The molecule has 3 rings (SSSR count). The smallest absolute Gasteiger partial charge is 0.244 e. The van der Waals surface area contributed by atoms with E-state index in [1.807, 2.05) is 88.4 Å². The Balaban J connectivity index is 2.10. The molecule has 3 aromatic rings. The second-order valence-corrected chi connectivity index (χ2v) is 12.8. The Labute approximate surface area is 238 Å². The number of hydrogen-bond donors (Lipinski definition) is 1. The summed E-state index contributed by atoms with van der Waals surface area (Å²) in [6, 6.07) is 23.1. The van der Waals surface area contributed by atoms with E-state index in [-0.39, 0.29) is 24.6 Å². The average Bonchev–Trinajstić information content (AvgIpc) is 2.88. The van der Waals surface area contributed by atoms with Crippen LogP contribution >= 0.6 is 0 Å². The van der Waals surface area contributed by atoms with E-state index in [0.717, 1.165) is 27.3 Å². The molecule has 0 aromatic heterocycles. The van der Waals surface area contributed by atoms with Gasteiger partial charge in [-0.25, -0.2) is 8.42 Å². The van der Waals surface area contributed by atoms with Gasteiger partial charge in [0.2, 0.25) is 21.8 Å². The van der Waals surface area contributed by atoms with Gasteiger partial charge < -0.3 is 15.0 Å². The molecule has 214 valence electrons. The normalized spacial score (nSPS) is 12.3. The number of ether oxygens (including phenoxy) is 1. The number of anilines is 1. The maximum atomic E-state index is 14.2. The van der Waals surface area contributed by atoms with Crippen molar-refractivity contribution < 1.29 is 22.7 Å². The van der Waals surface area contributed by atoms with Crippen LogP contribution in [0.25, 0.3) is 0 Å². The lowest BCUT2D eigenvalue weighted by molar-refractivity contribution is -0.140. The highest BCUT2D eigenvalue weighted by molar-refractivity contribution is 7.92. The van der Waals surface area contributed by atoms with Crippen molar-refractivity contribution in [2.75, 3.05) is 24.2 Å². The first-order valence-electron chi connectivity index (χ1n) is 13.1. The van der Waals surface area contributed by atoms with Crippen LogP contribution in [0.3, 0.4) is 0 Å². The Bertz CT molecular complexity index is 1400. The number of nitrogens with zero attached hydrogens (tertiary/aromatic N) is 2. The summed E-state index contributed by atoms with van der Waals surface area (Å²) in [5.41, 5.74) is 2.22. The zero-order valence-electron chi connectivity index (χ0n) is 24.0. The van der Waals surface area contributed by atoms with Crippen molar-refractivity contribution in [3.63, 3.8) is 0 Å². The van der Waals surface area contributed by atoms with Gasteiger partial charge in [-0.3, -0.25) is 13.9 Å². The third-order valence-corrected chi connectivity index (χ3v) is 7.37. The molecule has 9 heteroatoms. The monoisotopic (exact) mass is 565 g/mol. The van der Waals surface area contributed by atoms with E-state index in [4.69, 9.17) is 4.74 Å². The van der Waals surface area contributed by atoms with Gasteiger partial charge in [0.05, 0.1) is 19.1 Å². The first kappa shape index (κ1) is 30.7. The molecule has 1 atom stereocenters. The third-order valence-electron chi connectivity index (χ3n) is 6.25. The van der Waals surface area contributed by atoms with Gasteiger partial charge >= 0.3 is 0 Å². The molecule has 8 nitrogen and oxygen atoms in total. The summed E-state index contributed by atoms with van der Waals surface area (Å²) in [7, 11) is -2.45. The Hall–Kier alpha value is -3.85. The molecule has 0 aliphatic carbocycles. The van der Waals surface area contributed by atoms with Crippen molar-refractivity contribution in [3.05, 3.63) is 95.6 Å². The van der Waals surface area contributed by atoms with Gasteiger partial charge in [0.15, 0.2) is 0 Å². The fourth-order valence-electron chi connectivity index (χ4n) is 4.38. The predicted molar refractivity (Wildman–Crippen MR) is 159 cm³/mol. The summed E-state index contributed by atoms with van der Waals surface area (Å²) in [5.74, 6) is -0.507. The number of aryl methyl sites for hydroxylation is 1. The SMILES string of the molecule is COc1ccc(C)cc1N(CC(=O)N(Cc1ccccc1)[C@@H](Cc1ccccc1)C(=O)NC(C)(C)C)S(C)(=O)=O. The van der Waals surface area contributed by atoms with Crippen LogP contribution in [-0.4, -0.2) is 56.6 Å². The summed E-state index contributed by atoms with van der Waals surface area (Å²) in [4.78, 5) is 29.4. The summed E-state index contributed by atoms with van der Waals surface area (Å²) < 4.78 is 32.5. The third kappa shape index (κ3) is 8.58. The quantitative estimate of drug-likeness (QED) is 0.374. The second kappa shape index (κ2) is 13.0. The molecule has 3 aromatic carbocycles. The van der Waals surface area contributed by atoms with Crippen LogP contribution in [0, 0.1) is 6.92 Å². The van der Waals surface area contributed by atoms with Crippen molar-refractivity contribution in [1.82, 2.24) is 10.2 Å². The highest BCUT2D eigenvalue weighted by Crippen LogP contribution is 2.31. The number of amides is 2.